The fourth-order valence-corrected chi connectivity index (χ4v) is 5.04. The molecule has 3 heterocycles. The number of hydrogen-bond acceptors (Lipinski definition) is 6. The molecule has 8 heteroatoms. The van der Waals surface area contributed by atoms with Crippen LogP contribution in [0, 0.1) is 0 Å². The van der Waals surface area contributed by atoms with E-state index in [0.717, 1.165) is 44.6 Å². The summed E-state index contributed by atoms with van der Waals surface area (Å²) in [5.74, 6) is -0.925. The maximum atomic E-state index is 13.3. The molecule has 2 aromatic rings. The highest BCUT2D eigenvalue weighted by Crippen LogP contribution is 2.26. The number of ether oxygens (including phenoxy) is 1. The number of hydrogen-bond donors (Lipinski definition) is 1. The van der Waals surface area contributed by atoms with Crippen molar-refractivity contribution < 1.29 is 19.1 Å². The molecule has 2 atom stereocenters. The third kappa shape index (κ3) is 5.15. The minimum atomic E-state index is -0.354. The summed E-state index contributed by atoms with van der Waals surface area (Å²) in [6, 6.07) is 14.5. The van der Waals surface area contributed by atoms with Gasteiger partial charge in [-0.05, 0) is 43.7 Å². The highest BCUT2D eigenvalue weighted by molar-refractivity contribution is 6.22. The van der Waals surface area contributed by atoms with E-state index in [1.54, 1.807) is 18.2 Å². The van der Waals surface area contributed by atoms with Crippen molar-refractivity contribution in [2.45, 2.75) is 25.0 Å². The van der Waals surface area contributed by atoms with Crippen LogP contribution >= 0.6 is 0 Å². The molecule has 3 aliphatic rings. The van der Waals surface area contributed by atoms with E-state index in [4.69, 9.17) is 4.74 Å². The minimum Gasteiger partial charge on any atom is -0.376 e. The van der Waals surface area contributed by atoms with Crippen molar-refractivity contribution in [2.75, 3.05) is 52.9 Å². The highest BCUT2D eigenvalue weighted by Gasteiger charge is 2.38. The van der Waals surface area contributed by atoms with E-state index in [0.29, 0.717) is 24.3 Å². The largest absolute Gasteiger partial charge is 0.376 e. The van der Waals surface area contributed by atoms with Gasteiger partial charge >= 0.3 is 0 Å². The second kappa shape index (κ2) is 10.3. The summed E-state index contributed by atoms with van der Waals surface area (Å²) >= 11 is 0. The second-order valence-electron chi connectivity index (χ2n) is 9.66. The molecule has 5 rings (SSSR count). The van der Waals surface area contributed by atoms with Crippen LogP contribution in [0.4, 0.5) is 0 Å². The first-order valence-corrected chi connectivity index (χ1v) is 12.4. The number of carbonyl (C=O) groups is 3. The molecular formula is C27H32N4O4. The van der Waals surface area contributed by atoms with Crippen molar-refractivity contribution in [1.82, 2.24) is 20.0 Å². The maximum absolute atomic E-state index is 13.3. The Bertz CT molecular complexity index is 1090. The lowest BCUT2D eigenvalue weighted by molar-refractivity contribution is 0.0475. The van der Waals surface area contributed by atoms with E-state index >= 15 is 0 Å². The van der Waals surface area contributed by atoms with Crippen LogP contribution in [0.2, 0.25) is 0 Å². The van der Waals surface area contributed by atoms with Gasteiger partial charge in [-0.1, -0.05) is 30.3 Å². The van der Waals surface area contributed by atoms with Gasteiger partial charge in [-0.15, -0.1) is 0 Å². The average molecular weight is 477 g/mol. The molecule has 2 aromatic carbocycles. The van der Waals surface area contributed by atoms with Gasteiger partial charge in [0, 0.05) is 44.9 Å². The Labute approximate surface area is 205 Å². The molecule has 3 amide bonds. The first kappa shape index (κ1) is 23.7. The zero-order valence-electron chi connectivity index (χ0n) is 20.1. The fourth-order valence-electron chi connectivity index (χ4n) is 5.04. The van der Waals surface area contributed by atoms with E-state index in [-0.39, 0.29) is 42.0 Å². The average Bonchev–Trinajstić information content (AvgIpc) is 3.48. The van der Waals surface area contributed by atoms with E-state index in [1.165, 1.54) is 4.90 Å². The zero-order chi connectivity index (χ0) is 24.4. The molecule has 2 unspecified atom stereocenters. The molecule has 2 fully saturated rings. The Hall–Kier alpha value is -3.07. The number of imide groups is 1. The minimum absolute atomic E-state index is 0.110. The van der Waals surface area contributed by atoms with Gasteiger partial charge in [0.05, 0.1) is 29.8 Å². The van der Waals surface area contributed by atoms with E-state index in [2.05, 4.69) is 22.2 Å². The molecule has 3 aliphatic heterocycles. The lowest BCUT2D eigenvalue weighted by atomic mass is 10.0. The third-order valence-electron chi connectivity index (χ3n) is 7.19. The van der Waals surface area contributed by atoms with Gasteiger partial charge in [0.2, 0.25) is 0 Å². The number of amides is 3. The lowest BCUT2D eigenvalue weighted by Gasteiger charge is -2.35. The van der Waals surface area contributed by atoms with Crippen LogP contribution < -0.4 is 5.32 Å². The summed E-state index contributed by atoms with van der Waals surface area (Å²) in [4.78, 5) is 45.1. The van der Waals surface area contributed by atoms with Gasteiger partial charge in [-0.3, -0.25) is 24.2 Å². The number of nitrogens with zero attached hydrogens (tertiary/aromatic N) is 3. The molecule has 0 aliphatic carbocycles. The van der Waals surface area contributed by atoms with Crippen molar-refractivity contribution >= 4 is 17.7 Å². The molecule has 1 N–H and O–H groups in total. The zero-order valence-corrected chi connectivity index (χ0v) is 20.1. The van der Waals surface area contributed by atoms with Gasteiger partial charge in [0.1, 0.15) is 0 Å². The summed E-state index contributed by atoms with van der Waals surface area (Å²) < 4.78 is 5.61. The smallest absolute Gasteiger partial charge is 0.261 e. The SMILES string of the molecule is CN1CCN(CC(NC(=O)c2ccc3c(c2)C(=O)N(CC2CCCO2)C3=O)c2ccccc2)CC1. The molecule has 0 saturated carbocycles. The number of benzene rings is 2. The van der Waals surface area contributed by atoms with Crippen LogP contribution in [0.1, 0.15) is 55.5 Å². The van der Waals surface area contributed by atoms with Crippen molar-refractivity contribution in [1.29, 1.82) is 0 Å². The lowest BCUT2D eigenvalue weighted by Crippen LogP contribution is -2.47. The summed E-state index contributed by atoms with van der Waals surface area (Å²) in [6.45, 7) is 5.53. The van der Waals surface area contributed by atoms with Gasteiger partial charge in [0.15, 0.2) is 0 Å². The molecule has 0 spiro atoms. The van der Waals surface area contributed by atoms with E-state index in [9.17, 15) is 14.4 Å². The van der Waals surface area contributed by atoms with Crippen LogP contribution in [0.25, 0.3) is 0 Å². The molecular weight excluding hydrogens is 444 g/mol. The van der Waals surface area contributed by atoms with Gasteiger partial charge in [-0.2, -0.15) is 0 Å². The number of carbonyl (C=O) groups excluding carboxylic acids is 3. The molecule has 35 heavy (non-hydrogen) atoms. The van der Waals surface area contributed by atoms with Gasteiger partial charge < -0.3 is 15.0 Å². The predicted octanol–water partition coefficient (Wildman–Crippen LogP) is 2.18. The molecule has 8 nitrogen and oxygen atoms in total. The molecule has 0 bridgehead atoms. The Morgan fingerprint density at radius 2 is 1.77 bits per heavy atom. The Morgan fingerprint density at radius 3 is 2.49 bits per heavy atom. The number of piperazine rings is 1. The Balaban J connectivity index is 1.31. The van der Waals surface area contributed by atoms with Crippen molar-refractivity contribution in [2.24, 2.45) is 0 Å². The quantitative estimate of drug-likeness (QED) is 0.617. The topological polar surface area (TPSA) is 82.2 Å². The first-order chi connectivity index (χ1) is 17.0. The molecule has 2 saturated heterocycles. The standard InChI is InChI=1S/C27H32N4O4/c1-29-11-13-30(14-12-29)18-24(19-6-3-2-4-7-19)28-25(32)20-9-10-22-23(16-20)27(34)31(26(22)33)17-21-8-5-15-35-21/h2-4,6-7,9-10,16,21,24H,5,8,11-15,17-18H2,1H3,(H,28,32). The summed E-state index contributed by atoms with van der Waals surface area (Å²) in [5, 5.41) is 3.17. The van der Waals surface area contributed by atoms with Crippen molar-refractivity contribution in [3.05, 3.63) is 70.8 Å². The van der Waals surface area contributed by atoms with Gasteiger partial charge in [0.25, 0.3) is 17.7 Å². The van der Waals surface area contributed by atoms with Crippen LogP contribution in [-0.2, 0) is 4.74 Å². The van der Waals surface area contributed by atoms with E-state index < -0.39 is 0 Å². The Kier molecular flexibility index (Phi) is 6.95. The molecule has 0 aromatic heterocycles. The fraction of sp³-hybridized carbons (Fsp3) is 0.444. The molecule has 184 valence electrons. The normalized spacial score (nSPS) is 21.9. The Morgan fingerprint density at radius 1 is 1.03 bits per heavy atom. The third-order valence-corrected chi connectivity index (χ3v) is 7.19. The van der Waals surface area contributed by atoms with Crippen LogP contribution in [0.15, 0.2) is 48.5 Å². The number of rotatable bonds is 7. The first-order valence-electron chi connectivity index (χ1n) is 12.4. The van der Waals surface area contributed by atoms with Crippen molar-refractivity contribution in [3.63, 3.8) is 0 Å². The highest BCUT2D eigenvalue weighted by atomic mass is 16.5. The monoisotopic (exact) mass is 476 g/mol. The predicted molar refractivity (Wildman–Crippen MR) is 131 cm³/mol. The van der Waals surface area contributed by atoms with Gasteiger partial charge in [-0.25, -0.2) is 0 Å². The van der Waals surface area contributed by atoms with Crippen LogP contribution in [0.3, 0.4) is 0 Å². The van der Waals surface area contributed by atoms with E-state index in [1.807, 2.05) is 30.3 Å². The summed E-state index contributed by atoms with van der Waals surface area (Å²) in [7, 11) is 2.12. The maximum Gasteiger partial charge on any atom is 0.261 e. The summed E-state index contributed by atoms with van der Waals surface area (Å²) in [5.41, 5.74) is 2.05. The van der Waals surface area contributed by atoms with Crippen molar-refractivity contribution in [3.8, 4) is 0 Å². The number of nitrogens with one attached hydrogen (secondary N) is 1. The number of fused-ring (bicyclic) bond motifs is 1. The second-order valence-corrected chi connectivity index (χ2v) is 9.66. The number of likely N-dealkylation sites (N-methyl/N-ethyl adjacent to an activating group) is 1. The van der Waals surface area contributed by atoms with Crippen LogP contribution in [0.5, 0.6) is 0 Å². The summed E-state index contributed by atoms with van der Waals surface area (Å²) in [6.07, 6.45) is 1.67. The van der Waals surface area contributed by atoms with Crippen LogP contribution in [-0.4, -0.2) is 91.4 Å². The molecule has 0 radical (unpaired) electrons.